The smallest absolute Gasteiger partial charge is 0.225 e. The number of nitrogens with zero attached hydrogens (tertiary/aromatic N) is 3. The molecule has 2 amide bonds. The first-order chi connectivity index (χ1) is 11.6. The highest BCUT2D eigenvalue weighted by Crippen LogP contribution is 2.22. The molecule has 0 atom stereocenters. The molecule has 24 heavy (non-hydrogen) atoms. The fourth-order valence-corrected chi connectivity index (χ4v) is 4.14. The summed E-state index contributed by atoms with van der Waals surface area (Å²) in [6.45, 7) is 6.06. The highest BCUT2D eigenvalue weighted by molar-refractivity contribution is 7.09. The number of thiazole rings is 1. The van der Waals surface area contributed by atoms with E-state index in [1.54, 1.807) is 11.3 Å². The minimum Gasteiger partial charge on any atom is -0.378 e. The average molecular weight is 351 g/mol. The Hall–Kier alpha value is -1.47. The van der Waals surface area contributed by atoms with Crippen molar-refractivity contribution in [2.75, 3.05) is 39.4 Å². The second kappa shape index (κ2) is 8.07. The first kappa shape index (κ1) is 17.4. The third kappa shape index (κ3) is 4.13. The summed E-state index contributed by atoms with van der Waals surface area (Å²) in [5.74, 6) is 0.502. The van der Waals surface area contributed by atoms with Crippen molar-refractivity contribution < 1.29 is 14.3 Å². The zero-order valence-corrected chi connectivity index (χ0v) is 15.0. The summed E-state index contributed by atoms with van der Waals surface area (Å²) in [5.41, 5.74) is 2.86. The lowest BCUT2D eigenvalue weighted by atomic mass is 9.94. The number of hydrogen-bond donors (Lipinski definition) is 0. The van der Waals surface area contributed by atoms with Crippen molar-refractivity contribution >= 4 is 23.2 Å². The van der Waals surface area contributed by atoms with Gasteiger partial charge in [-0.1, -0.05) is 0 Å². The van der Waals surface area contributed by atoms with Crippen LogP contribution in [0.25, 0.3) is 0 Å². The second-order valence-corrected chi connectivity index (χ2v) is 7.39. The highest BCUT2D eigenvalue weighted by Gasteiger charge is 2.30. The van der Waals surface area contributed by atoms with E-state index in [4.69, 9.17) is 4.74 Å². The van der Waals surface area contributed by atoms with Gasteiger partial charge in [-0.2, -0.15) is 0 Å². The molecule has 0 N–H and O–H groups in total. The molecular formula is C17H25N3O3S. The van der Waals surface area contributed by atoms with Gasteiger partial charge >= 0.3 is 0 Å². The fourth-order valence-electron chi connectivity index (χ4n) is 3.36. The lowest BCUT2D eigenvalue weighted by Gasteiger charge is -2.35. The lowest BCUT2D eigenvalue weighted by molar-refractivity contribution is -0.143. The first-order valence-corrected chi connectivity index (χ1v) is 9.56. The topological polar surface area (TPSA) is 62.7 Å². The molecule has 1 aromatic rings. The standard InChI is InChI=1S/C17H25N3O3S/c1-13-15(24-12-18-13)2-3-16(21)19-6-4-14(5-7-19)17(22)20-8-10-23-11-9-20/h12,14H,2-11H2,1H3. The van der Waals surface area contributed by atoms with Crippen molar-refractivity contribution in [3.05, 3.63) is 16.1 Å². The Morgan fingerprint density at radius 3 is 2.54 bits per heavy atom. The van der Waals surface area contributed by atoms with E-state index in [0.29, 0.717) is 45.8 Å². The van der Waals surface area contributed by atoms with Crippen molar-refractivity contribution in [1.82, 2.24) is 14.8 Å². The van der Waals surface area contributed by atoms with E-state index in [1.165, 1.54) is 4.88 Å². The number of ether oxygens (including phenoxy) is 1. The van der Waals surface area contributed by atoms with Crippen molar-refractivity contribution in [1.29, 1.82) is 0 Å². The number of morpholine rings is 1. The van der Waals surface area contributed by atoms with Crippen LogP contribution in [-0.2, 0) is 20.7 Å². The minimum absolute atomic E-state index is 0.0656. The molecule has 1 aromatic heterocycles. The molecule has 0 radical (unpaired) electrons. The van der Waals surface area contributed by atoms with E-state index in [0.717, 1.165) is 25.0 Å². The molecule has 0 aliphatic carbocycles. The number of aromatic nitrogens is 1. The van der Waals surface area contributed by atoms with Gasteiger partial charge in [0, 0.05) is 43.4 Å². The second-order valence-electron chi connectivity index (χ2n) is 6.45. The first-order valence-electron chi connectivity index (χ1n) is 8.68. The van der Waals surface area contributed by atoms with Crippen LogP contribution < -0.4 is 0 Å². The number of amides is 2. The van der Waals surface area contributed by atoms with Gasteiger partial charge in [0.05, 0.1) is 24.4 Å². The maximum absolute atomic E-state index is 12.5. The van der Waals surface area contributed by atoms with Crippen LogP contribution in [0, 0.1) is 12.8 Å². The van der Waals surface area contributed by atoms with E-state index in [-0.39, 0.29) is 17.7 Å². The normalized spacial score (nSPS) is 19.5. The molecular weight excluding hydrogens is 326 g/mol. The Morgan fingerprint density at radius 1 is 1.21 bits per heavy atom. The molecule has 0 aromatic carbocycles. The van der Waals surface area contributed by atoms with Gasteiger partial charge < -0.3 is 14.5 Å². The SMILES string of the molecule is Cc1ncsc1CCC(=O)N1CCC(C(=O)N2CCOCC2)CC1. The summed E-state index contributed by atoms with van der Waals surface area (Å²) in [6.07, 6.45) is 2.86. The van der Waals surface area contributed by atoms with Gasteiger partial charge in [-0.15, -0.1) is 11.3 Å². The van der Waals surface area contributed by atoms with E-state index in [2.05, 4.69) is 4.98 Å². The summed E-state index contributed by atoms with van der Waals surface area (Å²) in [5, 5.41) is 0. The molecule has 2 fully saturated rings. The number of hydrogen-bond acceptors (Lipinski definition) is 5. The molecule has 0 unspecified atom stereocenters. The van der Waals surface area contributed by atoms with E-state index < -0.39 is 0 Å². The van der Waals surface area contributed by atoms with Crippen molar-refractivity contribution in [3.63, 3.8) is 0 Å². The number of piperidine rings is 1. The number of likely N-dealkylation sites (tertiary alicyclic amines) is 1. The quantitative estimate of drug-likeness (QED) is 0.824. The van der Waals surface area contributed by atoms with Crippen molar-refractivity contribution in [3.8, 4) is 0 Å². The summed E-state index contributed by atoms with van der Waals surface area (Å²) >= 11 is 1.62. The zero-order valence-electron chi connectivity index (χ0n) is 14.2. The predicted molar refractivity (Wildman–Crippen MR) is 91.9 cm³/mol. The Balaban J connectivity index is 1.43. The monoisotopic (exact) mass is 351 g/mol. The summed E-state index contributed by atoms with van der Waals surface area (Å²) < 4.78 is 5.30. The Bertz CT molecular complexity index is 575. The van der Waals surface area contributed by atoms with E-state index in [1.807, 2.05) is 22.2 Å². The molecule has 2 aliphatic heterocycles. The Kier molecular flexibility index (Phi) is 5.84. The molecule has 132 valence electrons. The van der Waals surface area contributed by atoms with Crippen LogP contribution in [-0.4, -0.2) is 66.0 Å². The van der Waals surface area contributed by atoms with Crippen LogP contribution in [0.3, 0.4) is 0 Å². The summed E-state index contributed by atoms with van der Waals surface area (Å²) in [4.78, 5) is 34.1. The highest BCUT2D eigenvalue weighted by atomic mass is 32.1. The fraction of sp³-hybridized carbons (Fsp3) is 0.706. The minimum atomic E-state index is 0.0656. The molecule has 2 aliphatic rings. The van der Waals surface area contributed by atoms with Crippen molar-refractivity contribution in [2.24, 2.45) is 5.92 Å². The molecule has 0 bridgehead atoms. The molecule has 3 rings (SSSR count). The van der Waals surface area contributed by atoms with Crippen LogP contribution in [0.1, 0.15) is 29.8 Å². The molecule has 0 saturated carbocycles. The summed E-state index contributed by atoms with van der Waals surface area (Å²) in [6, 6.07) is 0. The molecule has 0 spiro atoms. The van der Waals surface area contributed by atoms with Gasteiger partial charge in [0.15, 0.2) is 0 Å². The number of aryl methyl sites for hydroxylation is 2. The van der Waals surface area contributed by atoms with E-state index >= 15 is 0 Å². The Morgan fingerprint density at radius 2 is 1.92 bits per heavy atom. The third-order valence-electron chi connectivity index (χ3n) is 4.93. The van der Waals surface area contributed by atoms with Gasteiger partial charge in [-0.05, 0) is 26.2 Å². The van der Waals surface area contributed by atoms with Gasteiger partial charge in [0.25, 0.3) is 0 Å². The van der Waals surface area contributed by atoms with Crippen LogP contribution in [0.5, 0.6) is 0 Å². The lowest BCUT2D eigenvalue weighted by Crippen LogP contribution is -2.47. The van der Waals surface area contributed by atoms with Gasteiger partial charge in [-0.3, -0.25) is 9.59 Å². The molecule has 3 heterocycles. The maximum Gasteiger partial charge on any atom is 0.225 e. The molecule has 6 nitrogen and oxygen atoms in total. The van der Waals surface area contributed by atoms with Gasteiger partial charge in [-0.25, -0.2) is 4.98 Å². The average Bonchev–Trinajstić information content (AvgIpc) is 3.05. The van der Waals surface area contributed by atoms with Crippen LogP contribution >= 0.6 is 11.3 Å². The zero-order chi connectivity index (χ0) is 16.9. The number of carbonyl (C=O) groups excluding carboxylic acids is 2. The van der Waals surface area contributed by atoms with Crippen LogP contribution in [0.2, 0.25) is 0 Å². The Labute approximate surface area is 146 Å². The molecule has 2 saturated heterocycles. The molecule has 7 heteroatoms. The predicted octanol–water partition coefficient (Wildman–Crippen LogP) is 1.48. The van der Waals surface area contributed by atoms with Crippen LogP contribution in [0.15, 0.2) is 5.51 Å². The van der Waals surface area contributed by atoms with Crippen molar-refractivity contribution in [2.45, 2.75) is 32.6 Å². The third-order valence-corrected chi connectivity index (χ3v) is 5.93. The van der Waals surface area contributed by atoms with Gasteiger partial charge in [0.2, 0.25) is 11.8 Å². The van der Waals surface area contributed by atoms with Gasteiger partial charge in [0.1, 0.15) is 0 Å². The van der Waals surface area contributed by atoms with Crippen LogP contribution in [0.4, 0.5) is 0 Å². The maximum atomic E-state index is 12.5. The van der Waals surface area contributed by atoms with E-state index in [9.17, 15) is 9.59 Å². The largest absolute Gasteiger partial charge is 0.378 e. The summed E-state index contributed by atoms with van der Waals surface area (Å²) in [7, 11) is 0. The number of rotatable bonds is 4. The number of carbonyl (C=O) groups is 2.